The third kappa shape index (κ3) is 4.64. The molecule has 2 fully saturated rings. The molecule has 1 aromatic rings. The van der Waals surface area contributed by atoms with Gasteiger partial charge in [-0.15, -0.1) is 0 Å². The quantitative estimate of drug-likeness (QED) is 0.778. The first-order valence-corrected chi connectivity index (χ1v) is 11.3. The van der Waals surface area contributed by atoms with Crippen LogP contribution in [0.3, 0.4) is 0 Å². The van der Waals surface area contributed by atoms with Gasteiger partial charge in [-0.3, -0.25) is 19.4 Å². The molecule has 29 heavy (non-hydrogen) atoms. The first kappa shape index (κ1) is 20.4. The van der Waals surface area contributed by atoms with E-state index in [0.29, 0.717) is 6.54 Å². The maximum atomic E-state index is 13.1. The zero-order chi connectivity index (χ0) is 20.2. The lowest BCUT2D eigenvalue weighted by Gasteiger charge is -2.38. The van der Waals surface area contributed by atoms with Crippen molar-refractivity contribution in [2.45, 2.75) is 45.1 Å². The second-order valence-electron chi connectivity index (χ2n) is 8.65. The van der Waals surface area contributed by atoms with Crippen molar-refractivity contribution in [2.24, 2.45) is 0 Å². The van der Waals surface area contributed by atoms with Crippen LogP contribution in [0.1, 0.15) is 38.2 Å². The Morgan fingerprint density at radius 2 is 1.59 bits per heavy atom. The number of hydrogen-bond donors (Lipinski definition) is 0. The number of anilines is 1. The SMILES string of the molecule is C[C@@H](C(=O)N1CCc2ccccc21)N1CCN(CC(=O)N2CCCCCC2)CC1. The summed E-state index contributed by atoms with van der Waals surface area (Å²) in [5, 5.41) is 0. The van der Waals surface area contributed by atoms with Crippen LogP contribution < -0.4 is 4.90 Å². The number of nitrogens with zero attached hydrogens (tertiary/aromatic N) is 4. The molecule has 0 spiro atoms. The Morgan fingerprint density at radius 3 is 2.31 bits per heavy atom. The molecule has 1 aromatic carbocycles. The molecule has 3 heterocycles. The van der Waals surface area contributed by atoms with E-state index in [2.05, 4.69) is 26.8 Å². The summed E-state index contributed by atoms with van der Waals surface area (Å²) in [6.07, 6.45) is 5.71. The van der Waals surface area contributed by atoms with E-state index in [-0.39, 0.29) is 17.9 Å². The minimum atomic E-state index is -0.121. The lowest BCUT2D eigenvalue weighted by atomic mass is 10.1. The molecule has 0 radical (unpaired) electrons. The number of benzene rings is 1. The highest BCUT2D eigenvalue weighted by Gasteiger charge is 2.32. The summed E-state index contributed by atoms with van der Waals surface area (Å²) in [6, 6.07) is 8.11. The molecule has 0 aromatic heterocycles. The average molecular weight is 399 g/mol. The van der Waals surface area contributed by atoms with Crippen LogP contribution in [0.15, 0.2) is 24.3 Å². The Hall–Kier alpha value is -1.92. The van der Waals surface area contributed by atoms with E-state index in [0.717, 1.165) is 70.8 Å². The van der Waals surface area contributed by atoms with Crippen LogP contribution in [0.4, 0.5) is 5.69 Å². The fraction of sp³-hybridized carbons (Fsp3) is 0.652. The van der Waals surface area contributed by atoms with Crippen LogP contribution in [0.2, 0.25) is 0 Å². The molecule has 2 amide bonds. The van der Waals surface area contributed by atoms with Crippen LogP contribution in [-0.2, 0) is 16.0 Å². The van der Waals surface area contributed by atoms with Crippen molar-refractivity contribution in [3.8, 4) is 0 Å². The minimum absolute atomic E-state index is 0.121. The summed E-state index contributed by atoms with van der Waals surface area (Å²) in [5.41, 5.74) is 2.34. The molecule has 158 valence electrons. The number of piperazine rings is 1. The lowest BCUT2D eigenvalue weighted by Crippen LogP contribution is -2.55. The van der Waals surface area contributed by atoms with Gasteiger partial charge in [-0.2, -0.15) is 0 Å². The van der Waals surface area contributed by atoms with Crippen LogP contribution in [0, 0.1) is 0 Å². The Bertz CT molecular complexity index is 721. The normalized spacial score (nSPS) is 22.2. The maximum absolute atomic E-state index is 13.1. The highest BCUT2D eigenvalue weighted by molar-refractivity contribution is 5.98. The highest BCUT2D eigenvalue weighted by Crippen LogP contribution is 2.28. The first-order valence-electron chi connectivity index (χ1n) is 11.3. The summed E-state index contributed by atoms with van der Waals surface area (Å²) < 4.78 is 0. The van der Waals surface area contributed by atoms with Crippen molar-refractivity contribution < 1.29 is 9.59 Å². The molecule has 0 unspecified atom stereocenters. The van der Waals surface area contributed by atoms with Crippen molar-refractivity contribution in [1.29, 1.82) is 0 Å². The van der Waals surface area contributed by atoms with Crippen molar-refractivity contribution in [2.75, 3.05) is 57.3 Å². The average Bonchev–Trinajstić information content (AvgIpc) is 2.98. The van der Waals surface area contributed by atoms with E-state index < -0.39 is 0 Å². The van der Waals surface area contributed by atoms with Gasteiger partial charge in [-0.1, -0.05) is 31.0 Å². The summed E-state index contributed by atoms with van der Waals surface area (Å²) in [4.78, 5) is 34.3. The van der Waals surface area contributed by atoms with Crippen molar-refractivity contribution in [1.82, 2.24) is 14.7 Å². The fourth-order valence-electron chi connectivity index (χ4n) is 4.87. The third-order valence-corrected chi connectivity index (χ3v) is 6.78. The number of likely N-dealkylation sites (tertiary alicyclic amines) is 1. The van der Waals surface area contributed by atoms with Crippen LogP contribution >= 0.6 is 0 Å². The van der Waals surface area contributed by atoms with Gasteiger partial charge in [-0.05, 0) is 37.8 Å². The largest absolute Gasteiger partial charge is 0.342 e. The van der Waals surface area contributed by atoms with Gasteiger partial charge in [0.2, 0.25) is 11.8 Å². The van der Waals surface area contributed by atoms with Gasteiger partial charge in [0.05, 0.1) is 12.6 Å². The summed E-state index contributed by atoms with van der Waals surface area (Å²) in [7, 11) is 0. The van der Waals surface area contributed by atoms with E-state index in [1.165, 1.54) is 18.4 Å². The van der Waals surface area contributed by atoms with Gasteiger partial charge in [0.1, 0.15) is 0 Å². The monoisotopic (exact) mass is 398 g/mol. The lowest BCUT2D eigenvalue weighted by molar-refractivity contribution is -0.133. The maximum Gasteiger partial charge on any atom is 0.244 e. The second-order valence-corrected chi connectivity index (χ2v) is 8.65. The third-order valence-electron chi connectivity index (χ3n) is 6.78. The van der Waals surface area contributed by atoms with Gasteiger partial charge in [-0.25, -0.2) is 0 Å². The summed E-state index contributed by atoms with van der Waals surface area (Å²) in [6.45, 7) is 8.57. The summed E-state index contributed by atoms with van der Waals surface area (Å²) >= 11 is 0. The van der Waals surface area contributed by atoms with Crippen LogP contribution in [0.25, 0.3) is 0 Å². The molecule has 0 N–H and O–H groups in total. The number of hydrogen-bond acceptors (Lipinski definition) is 4. The molecular formula is C23H34N4O2. The van der Waals surface area contributed by atoms with Crippen molar-refractivity contribution >= 4 is 17.5 Å². The zero-order valence-electron chi connectivity index (χ0n) is 17.7. The standard InChI is InChI=1S/C23H34N4O2/c1-19(23(29)27-13-10-20-8-4-5-9-21(20)27)25-16-14-24(15-17-25)18-22(28)26-11-6-2-3-7-12-26/h4-5,8-9,19H,2-3,6-7,10-18H2,1H3/t19-/m0/s1. The van der Waals surface area contributed by atoms with Gasteiger partial charge in [0.15, 0.2) is 0 Å². The van der Waals surface area contributed by atoms with Gasteiger partial charge in [0, 0.05) is 51.5 Å². The van der Waals surface area contributed by atoms with Crippen LogP contribution in [-0.4, -0.2) is 84.9 Å². The molecule has 0 bridgehead atoms. The first-order chi connectivity index (χ1) is 14.1. The molecular weight excluding hydrogens is 364 g/mol. The highest BCUT2D eigenvalue weighted by atomic mass is 16.2. The molecule has 3 aliphatic rings. The van der Waals surface area contributed by atoms with Crippen molar-refractivity contribution in [3.05, 3.63) is 29.8 Å². The van der Waals surface area contributed by atoms with E-state index in [1.54, 1.807) is 0 Å². The number of rotatable bonds is 4. The number of fused-ring (bicyclic) bond motifs is 1. The predicted molar refractivity (Wildman–Crippen MR) is 115 cm³/mol. The molecule has 0 saturated carbocycles. The number of amides is 2. The molecule has 6 heteroatoms. The smallest absolute Gasteiger partial charge is 0.244 e. The molecule has 1 atom stereocenters. The number of carbonyl (C=O) groups excluding carboxylic acids is 2. The van der Waals surface area contributed by atoms with Gasteiger partial charge in [0.25, 0.3) is 0 Å². The Kier molecular flexibility index (Phi) is 6.50. The van der Waals surface area contributed by atoms with E-state index >= 15 is 0 Å². The molecule has 6 nitrogen and oxygen atoms in total. The number of carbonyl (C=O) groups is 2. The molecule has 0 aliphatic carbocycles. The fourth-order valence-corrected chi connectivity index (χ4v) is 4.87. The minimum Gasteiger partial charge on any atom is -0.342 e. The van der Waals surface area contributed by atoms with E-state index in [1.807, 2.05) is 24.0 Å². The molecule has 4 rings (SSSR count). The topological polar surface area (TPSA) is 47.1 Å². The van der Waals surface area contributed by atoms with Gasteiger partial charge < -0.3 is 9.80 Å². The zero-order valence-corrected chi connectivity index (χ0v) is 17.7. The van der Waals surface area contributed by atoms with Crippen molar-refractivity contribution in [3.63, 3.8) is 0 Å². The predicted octanol–water partition coefficient (Wildman–Crippen LogP) is 1.98. The van der Waals surface area contributed by atoms with Gasteiger partial charge >= 0.3 is 0 Å². The second kappa shape index (κ2) is 9.26. The van der Waals surface area contributed by atoms with E-state index in [4.69, 9.17) is 0 Å². The Balaban J connectivity index is 1.27. The molecule has 2 saturated heterocycles. The molecule has 3 aliphatic heterocycles. The Labute approximate surface area is 174 Å². The number of para-hydroxylation sites is 1. The van der Waals surface area contributed by atoms with E-state index in [9.17, 15) is 9.59 Å². The Morgan fingerprint density at radius 1 is 0.897 bits per heavy atom. The van der Waals surface area contributed by atoms with Crippen LogP contribution in [0.5, 0.6) is 0 Å². The summed E-state index contributed by atoms with van der Waals surface area (Å²) in [5.74, 6) is 0.474.